The van der Waals surface area contributed by atoms with Gasteiger partial charge in [-0.05, 0) is 48.8 Å². The smallest absolute Gasteiger partial charge is 0.252 e. The summed E-state index contributed by atoms with van der Waals surface area (Å²) in [5.74, 6) is 1.91. The van der Waals surface area contributed by atoms with Gasteiger partial charge in [-0.15, -0.1) is 0 Å². The molecular weight excluding hydrogens is 350 g/mol. The van der Waals surface area contributed by atoms with Crippen LogP contribution in [0, 0.1) is 0 Å². The topological polar surface area (TPSA) is 75.7 Å². The van der Waals surface area contributed by atoms with Gasteiger partial charge in [-0.3, -0.25) is 9.20 Å². The number of nitrogens with one attached hydrogen (secondary N) is 1. The molecule has 2 unspecified atom stereocenters. The van der Waals surface area contributed by atoms with Gasteiger partial charge in [-0.1, -0.05) is 19.6 Å². The molecule has 2 bridgehead atoms. The van der Waals surface area contributed by atoms with Crippen LogP contribution in [-0.2, 0) is 0 Å². The van der Waals surface area contributed by atoms with Crippen molar-refractivity contribution >= 4 is 28.4 Å². The third-order valence-electron chi connectivity index (χ3n) is 6.71. The van der Waals surface area contributed by atoms with Crippen LogP contribution < -0.4 is 16.0 Å². The molecule has 1 saturated heterocycles. The minimum absolute atomic E-state index is 0. The molecule has 6 rings (SSSR count). The Bertz CT molecular complexity index is 1100. The molecule has 6 heteroatoms. The molecule has 3 aliphatic rings. The van der Waals surface area contributed by atoms with Crippen LogP contribution in [-0.4, -0.2) is 41.5 Å². The summed E-state index contributed by atoms with van der Waals surface area (Å²) in [4.78, 5) is 19.9. The monoisotopic (exact) mass is 377 g/mol. The molecule has 146 valence electrons. The van der Waals surface area contributed by atoms with Crippen LogP contribution in [0.25, 0.3) is 16.7 Å². The first-order chi connectivity index (χ1) is 13.2. The summed E-state index contributed by atoms with van der Waals surface area (Å²) < 4.78 is 2.22. The number of hydrogen-bond acceptors (Lipinski definition) is 4. The van der Waals surface area contributed by atoms with Gasteiger partial charge < -0.3 is 16.0 Å². The lowest BCUT2D eigenvalue weighted by molar-refractivity contribution is 0.1000. The fourth-order valence-electron chi connectivity index (χ4n) is 5.67. The van der Waals surface area contributed by atoms with Crippen LogP contribution in [0.4, 0.5) is 5.82 Å². The van der Waals surface area contributed by atoms with Crippen molar-refractivity contribution in [3.63, 3.8) is 0 Å². The molecule has 2 aromatic heterocycles. The molecule has 2 atom stereocenters. The van der Waals surface area contributed by atoms with Crippen molar-refractivity contribution in [1.29, 1.82) is 0 Å². The molecular formula is C22H27N5O. The van der Waals surface area contributed by atoms with Gasteiger partial charge in [0.05, 0.1) is 16.6 Å². The van der Waals surface area contributed by atoms with E-state index in [-0.39, 0.29) is 13.3 Å². The van der Waals surface area contributed by atoms with E-state index in [9.17, 15) is 4.79 Å². The molecule has 2 aliphatic carbocycles. The third-order valence-corrected chi connectivity index (χ3v) is 6.71. The molecule has 1 saturated carbocycles. The number of fused-ring (bicyclic) bond motifs is 8. The Morgan fingerprint density at radius 3 is 2.57 bits per heavy atom. The average molecular weight is 377 g/mol. The van der Waals surface area contributed by atoms with Crippen LogP contribution in [0.15, 0.2) is 24.3 Å². The van der Waals surface area contributed by atoms with E-state index in [0.29, 0.717) is 17.4 Å². The summed E-state index contributed by atoms with van der Waals surface area (Å²) in [6.45, 7) is 3.91. The number of rotatable bonds is 2. The first kappa shape index (κ1) is 17.5. The molecule has 1 aromatic carbocycles. The molecule has 0 spiro atoms. The Kier molecular flexibility index (Phi) is 3.88. The number of nitrogens with zero attached hydrogens (tertiary/aromatic N) is 3. The highest BCUT2D eigenvalue weighted by atomic mass is 16.1. The number of anilines is 1. The number of imidazole rings is 1. The van der Waals surface area contributed by atoms with E-state index in [4.69, 9.17) is 10.7 Å². The maximum absolute atomic E-state index is 12.6. The minimum Gasteiger partial charge on any atom is -0.365 e. The van der Waals surface area contributed by atoms with E-state index < -0.39 is 0 Å². The predicted octanol–water partition coefficient (Wildman–Crippen LogP) is 3.00. The van der Waals surface area contributed by atoms with Crippen LogP contribution in [0.2, 0.25) is 0 Å². The number of pyridine rings is 1. The molecule has 28 heavy (non-hydrogen) atoms. The maximum Gasteiger partial charge on any atom is 0.252 e. The van der Waals surface area contributed by atoms with Crippen LogP contribution >= 0.6 is 0 Å². The van der Waals surface area contributed by atoms with Crippen LogP contribution in [0.1, 0.15) is 60.0 Å². The lowest BCUT2D eigenvalue weighted by Gasteiger charge is -2.34. The molecule has 3 N–H and O–H groups in total. The second-order valence-electron chi connectivity index (χ2n) is 8.09. The number of hydrogen-bond donors (Lipinski definition) is 2. The average Bonchev–Trinajstić information content (AvgIpc) is 3.39. The number of para-hydroxylation sites is 2. The van der Waals surface area contributed by atoms with Crippen molar-refractivity contribution in [3.8, 4) is 0 Å². The van der Waals surface area contributed by atoms with Gasteiger partial charge in [-0.25, -0.2) is 4.98 Å². The van der Waals surface area contributed by atoms with Gasteiger partial charge in [0, 0.05) is 31.7 Å². The van der Waals surface area contributed by atoms with Crippen molar-refractivity contribution in [2.45, 2.75) is 38.5 Å². The summed E-state index contributed by atoms with van der Waals surface area (Å²) in [5, 5.41) is 3.45. The Hall–Kier alpha value is -2.60. The Morgan fingerprint density at radius 2 is 1.82 bits per heavy atom. The number of nitrogens with two attached hydrogens (primary N) is 1. The van der Waals surface area contributed by atoms with E-state index in [1.54, 1.807) is 0 Å². The first-order valence-corrected chi connectivity index (χ1v) is 9.96. The quantitative estimate of drug-likeness (QED) is 0.720. The predicted molar refractivity (Wildman–Crippen MR) is 112 cm³/mol. The minimum atomic E-state index is -0.342. The Balaban J connectivity index is 0.00000171. The molecule has 2 fully saturated rings. The van der Waals surface area contributed by atoms with Crippen molar-refractivity contribution in [1.82, 2.24) is 14.7 Å². The normalized spacial score (nSPS) is 23.2. The zero-order valence-electron chi connectivity index (χ0n) is 15.2. The van der Waals surface area contributed by atoms with E-state index in [1.807, 2.05) is 18.2 Å². The third kappa shape index (κ3) is 2.18. The fourth-order valence-corrected chi connectivity index (χ4v) is 5.67. The second kappa shape index (κ2) is 6.21. The van der Waals surface area contributed by atoms with E-state index in [2.05, 4.69) is 20.7 Å². The lowest BCUT2D eigenvalue weighted by atomic mass is 9.88. The van der Waals surface area contributed by atoms with E-state index >= 15 is 0 Å². The zero-order chi connectivity index (χ0) is 18.1. The number of carbonyl (C=O) groups is 1. The van der Waals surface area contributed by atoms with Gasteiger partial charge in [-0.2, -0.15) is 0 Å². The van der Waals surface area contributed by atoms with Crippen LogP contribution in [0.5, 0.6) is 0 Å². The molecule has 1 aliphatic heterocycles. The van der Waals surface area contributed by atoms with Gasteiger partial charge >= 0.3 is 0 Å². The second-order valence-corrected chi connectivity index (χ2v) is 8.09. The molecule has 0 radical (unpaired) electrons. The van der Waals surface area contributed by atoms with Gasteiger partial charge in [0.2, 0.25) is 0 Å². The molecule has 6 nitrogen and oxygen atoms in total. The van der Waals surface area contributed by atoms with Crippen LogP contribution in [0.3, 0.4) is 0 Å². The molecule has 1 amide bonds. The number of amides is 1. The number of primary amides is 1. The Labute approximate surface area is 164 Å². The van der Waals surface area contributed by atoms with Crippen molar-refractivity contribution in [3.05, 3.63) is 41.0 Å². The van der Waals surface area contributed by atoms with Gasteiger partial charge in [0.15, 0.2) is 5.65 Å². The number of aromatic nitrogens is 2. The number of piperazine rings is 1. The summed E-state index contributed by atoms with van der Waals surface area (Å²) >= 11 is 0. The number of benzene rings is 1. The van der Waals surface area contributed by atoms with Gasteiger partial charge in [0.1, 0.15) is 5.82 Å². The highest BCUT2D eigenvalue weighted by molar-refractivity contribution is 6.04. The summed E-state index contributed by atoms with van der Waals surface area (Å²) in [6, 6.07) is 8.17. The van der Waals surface area contributed by atoms with Crippen molar-refractivity contribution in [2.75, 3.05) is 31.1 Å². The van der Waals surface area contributed by atoms with E-state index in [0.717, 1.165) is 55.7 Å². The zero-order valence-corrected chi connectivity index (χ0v) is 15.2. The fraction of sp³-hybridized carbons (Fsp3) is 0.455. The highest BCUT2D eigenvalue weighted by Gasteiger charge is 2.44. The lowest BCUT2D eigenvalue weighted by Crippen LogP contribution is -2.45. The number of carbonyl (C=O) groups excluding carboxylic acids is 1. The summed E-state index contributed by atoms with van der Waals surface area (Å²) in [7, 11) is 0. The first-order valence-electron chi connectivity index (χ1n) is 9.96. The Morgan fingerprint density at radius 1 is 1.11 bits per heavy atom. The molecule has 3 heterocycles. The highest BCUT2D eigenvalue weighted by Crippen LogP contribution is 2.57. The van der Waals surface area contributed by atoms with Gasteiger partial charge in [0.25, 0.3) is 5.91 Å². The van der Waals surface area contributed by atoms with Crippen molar-refractivity contribution < 1.29 is 4.79 Å². The summed E-state index contributed by atoms with van der Waals surface area (Å²) in [5.41, 5.74) is 11.9. The summed E-state index contributed by atoms with van der Waals surface area (Å²) in [6.07, 6.45) is 3.53. The maximum atomic E-state index is 12.6. The largest absolute Gasteiger partial charge is 0.365 e. The SMILES string of the molecule is C.NC(=O)c1c2c(c(N3CCNCC3)n3c1nc1ccccc13)C1CCC2C1. The molecule has 3 aromatic rings. The van der Waals surface area contributed by atoms with Crippen molar-refractivity contribution in [2.24, 2.45) is 5.73 Å². The standard InChI is InChI=1S/C21H23N5O.CH4/c22-19(27)18-16-12-5-6-13(11-12)17(16)21(25-9-7-23-8-10-25)26-15-4-2-1-3-14(15)24-20(18)26;/h1-4,12-13,23H,5-11H2,(H2,22,27);1H4. The van der Waals surface area contributed by atoms with E-state index in [1.165, 1.54) is 23.4 Å².